The summed E-state index contributed by atoms with van der Waals surface area (Å²) in [6.07, 6.45) is 5.56. The third-order valence-electron chi connectivity index (χ3n) is 3.52. The van der Waals surface area contributed by atoms with E-state index < -0.39 is 0 Å². The maximum atomic E-state index is 5.93. The fourth-order valence-corrected chi connectivity index (χ4v) is 2.35. The Morgan fingerprint density at radius 1 is 1.33 bits per heavy atom. The summed E-state index contributed by atoms with van der Waals surface area (Å²) >= 11 is 0. The SMILES string of the molecule is Cn1nnc(COc2cncc(N3CCC(N)CC3)c2)n1. The highest BCUT2D eigenvalue weighted by Gasteiger charge is 2.17. The first-order valence-corrected chi connectivity index (χ1v) is 7.02. The first kappa shape index (κ1) is 13.7. The quantitative estimate of drug-likeness (QED) is 0.853. The summed E-state index contributed by atoms with van der Waals surface area (Å²) in [4.78, 5) is 7.93. The van der Waals surface area contributed by atoms with Crippen LogP contribution in [0.5, 0.6) is 5.75 Å². The summed E-state index contributed by atoms with van der Waals surface area (Å²) in [5.41, 5.74) is 6.99. The van der Waals surface area contributed by atoms with Gasteiger partial charge in [0.2, 0.25) is 5.82 Å². The Kier molecular flexibility index (Phi) is 3.96. The highest BCUT2D eigenvalue weighted by molar-refractivity contribution is 5.48. The summed E-state index contributed by atoms with van der Waals surface area (Å²) in [7, 11) is 1.72. The number of nitrogens with two attached hydrogens (primary N) is 1. The van der Waals surface area contributed by atoms with Crippen molar-refractivity contribution in [3.05, 3.63) is 24.3 Å². The van der Waals surface area contributed by atoms with Crippen LogP contribution in [0.2, 0.25) is 0 Å². The summed E-state index contributed by atoms with van der Waals surface area (Å²) in [5.74, 6) is 1.25. The molecule has 0 bridgehead atoms. The molecule has 2 aromatic rings. The average Bonchev–Trinajstić information content (AvgIpc) is 2.92. The van der Waals surface area contributed by atoms with Gasteiger partial charge in [-0.3, -0.25) is 4.98 Å². The zero-order valence-corrected chi connectivity index (χ0v) is 12.0. The fourth-order valence-electron chi connectivity index (χ4n) is 2.35. The van der Waals surface area contributed by atoms with Gasteiger partial charge in [-0.2, -0.15) is 4.80 Å². The highest BCUT2D eigenvalue weighted by Crippen LogP contribution is 2.23. The Morgan fingerprint density at radius 2 is 2.14 bits per heavy atom. The standard InChI is InChI=1S/C13H19N7O/c1-19-17-13(16-18-19)9-21-12-6-11(7-15-8-12)20-4-2-10(14)3-5-20/h6-8,10H,2-5,9,14H2,1H3. The molecule has 8 heteroatoms. The Labute approximate surface area is 122 Å². The van der Waals surface area contributed by atoms with E-state index in [9.17, 15) is 0 Å². The first-order valence-electron chi connectivity index (χ1n) is 7.02. The molecule has 1 fully saturated rings. The van der Waals surface area contributed by atoms with E-state index >= 15 is 0 Å². The van der Waals surface area contributed by atoms with E-state index in [0.29, 0.717) is 17.6 Å². The smallest absolute Gasteiger partial charge is 0.212 e. The van der Waals surface area contributed by atoms with Gasteiger partial charge in [-0.25, -0.2) is 0 Å². The molecule has 0 unspecified atom stereocenters. The summed E-state index contributed by atoms with van der Waals surface area (Å²) in [6.45, 7) is 2.19. The molecule has 0 saturated carbocycles. The van der Waals surface area contributed by atoms with Gasteiger partial charge in [-0.1, -0.05) is 0 Å². The maximum absolute atomic E-state index is 5.93. The molecule has 112 valence electrons. The molecule has 0 aromatic carbocycles. The van der Waals surface area contributed by atoms with Gasteiger partial charge in [-0.15, -0.1) is 10.2 Å². The van der Waals surface area contributed by atoms with E-state index in [1.54, 1.807) is 13.2 Å². The van der Waals surface area contributed by atoms with Crippen molar-refractivity contribution >= 4 is 5.69 Å². The van der Waals surface area contributed by atoms with E-state index in [4.69, 9.17) is 10.5 Å². The predicted octanol–water partition coefficient (Wildman–Crippen LogP) is 0.112. The third kappa shape index (κ3) is 3.46. The Bertz CT molecular complexity index is 592. The van der Waals surface area contributed by atoms with Crippen molar-refractivity contribution in [3.8, 4) is 5.75 Å². The lowest BCUT2D eigenvalue weighted by Gasteiger charge is -2.31. The number of ether oxygens (including phenoxy) is 1. The van der Waals surface area contributed by atoms with E-state index in [1.165, 1.54) is 4.80 Å². The second-order valence-electron chi connectivity index (χ2n) is 5.19. The minimum atomic E-state index is 0.282. The van der Waals surface area contributed by atoms with Crippen LogP contribution in [0, 0.1) is 0 Å². The summed E-state index contributed by atoms with van der Waals surface area (Å²) < 4.78 is 5.67. The number of piperidine rings is 1. The van der Waals surface area contributed by atoms with Crippen LogP contribution in [0.25, 0.3) is 0 Å². The lowest BCUT2D eigenvalue weighted by molar-refractivity contribution is 0.294. The Morgan fingerprint density at radius 3 is 2.86 bits per heavy atom. The van der Waals surface area contributed by atoms with Crippen molar-refractivity contribution in [2.24, 2.45) is 12.8 Å². The summed E-state index contributed by atoms with van der Waals surface area (Å²) in [5, 5.41) is 11.7. The number of anilines is 1. The number of hydrogen-bond donors (Lipinski definition) is 1. The third-order valence-corrected chi connectivity index (χ3v) is 3.52. The number of pyridine rings is 1. The molecular weight excluding hydrogens is 270 g/mol. The first-order chi connectivity index (χ1) is 10.2. The number of tetrazole rings is 1. The number of aryl methyl sites for hydroxylation is 1. The molecule has 3 rings (SSSR count). The molecule has 0 atom stereocenters. The molecule has 0 spiro atoms. The molecule has 8 nitrogen and oxygen atoms in total. The lowest BCUT2D eigenvalue weighted by atomic mass is 10.1. The topological polar surface area (TPSA) is 95.0 Å². The second-order valence-corrected chi connectivity index (χ2v) is 5.19. The van der Waals surface area contributed by atoms with Gasteiger partial charge in [0.15, 0.2) is 6.61 Å². The molecular formula is C13H19N7O. The maximum Gasteiger partial charge on any atom is 0.212 e. The zero-order chi connectivity index (χ0) is 14.7. The van der Waals surface area contributed by atoms with Crippen LogP contribution in [0.3, 0.4) is 0 Å². The molecule has 2 N–H and O–H groups in total. The summed E-state index contributed by atoms with van der Waals surface area (Å²) in [6, 6.07) is 2.30. The predicted molar refractivity (Wildman–Crippen MR) is 76.8 cm³/mol. The van der Waals surface area contributed by atoms with Crippen LogP contribution < -0.4 is 15.4 Å². The molecule has 3 heterocycles. The van der Waals surface area contributed by atoms with Crippen LogP contribution in [0.4, 0.5) is 5.69 Å². The monoisotopic (exact) mass is 289 g/mol. The van der Waals surface area contributed by atoms with E-state index in [1.807, 2.05) is 12.3 Å². The minimum Gasteiger partial charge on any atom is -0.484 e. The number of aromatic nitrogens is 5. The van der Waals surface area contributed by atoms with Crippen LogP contribution >= 0.6 is 0 Å². The number of hydrogen-bond acceptors (Lipinski definition) is 7. The molecule has 2 aromatic heterocycles. The normalized spacial score (nSPS) is 16.2. The lowest BCUT2D eigenvalue weighted by Crippen LogP contribution is -2.39. The molecule has 21 heavy (non-hydrogen) atoms. The van der Waals surface area contributed by atoms with Crippen molar-refractivity contribution in [1.82, 2.24) is 25.2 Å². The largest absolute Gasteiger partial charge is 0.484 e. The van der Waals surface area contributed by atoms with Gasteiger partial charge in [-0.05, 0) is 18.1 Å². The van der Waals surface area contributed by atoms with Gasteiger partial charge in [0, 0.05) is 25.2 Å². The van der Waals surface area contributed by atoms with Gasteiger partial charge < -0.3 is 15.4 Å². The van der Waals surface area contributed by atoms with Gasteiger partial charge in [0.05, 0.1) is 25.1 Å². The molecule has 1 aliphatic rings. The van der Waals surface area contributed by atoms with Crippen LogP contribution in [0.15, 0.2) is 18.5 Å². The molecule has 0 radical (unpaired) electrons. The average molecular weight is 289 g/mol. The van der Waals surface area contributed by atoms with Crippen molar-refractivity contribution in [2.45, 2.75) is 25.5 Å². The minimum absolute atomic E-state index is 0.282. The van der Waals surface area contributed by atoms with Gasteiger partial charge in [0.25, 0.3) is 0 Å². The van der Waals surface area contributed by atoms with Crippen molar-refractivity contribution < 1.29 is 4.74 Å². The van der Waals surface area contributed by atoms with E-state index in [0.717, 1.165) is 31.6 Å². The zero-order valence-electron chi connectivity index (χ0n) is 12.0. The Hall–Kier alpha value is -2.22. The van der Waals surface area contributed by atoms with E-state index in [-0.39, 0.29) is 6.61 Å². The van der Waals surface area contributed by atoms with Crippen LogP contribution in [-0.4, -0.2) is 44.3 Å². The van der Waals surface area contributed by atoms with E-state index in [2.05, 4.69) is 25.3 Å². The highest BCUT2D eigenvalue weighted by atomic mass is 16.5. The second kappa shape index (κ2) is 6.04. The van der Waals surface area contributed by atoms with Crippen molar-refractivity contribution in [2.75, 3.05) is 18.0 Å². The van der Waals surface area contributed by atoms with Crippen LogP contribution in [-0.2, 0) is 13.7 Å². The van der Waals surface area contributed by atoms with Crippen molar-refractivity contribution in [3.63, 3.8) is 0 Å². The molecule has 1 aliphatic heterocycles. The molecule has 0 amide bonds. The van der Waals surface area contributed by atoms with Gasteiger partial charge in [0.1, 0.15) is 5.75 Å². The fraction of sp³-hybridized carbons (Fsp3) is 0.538. The van der Waals surface area contributed by atoms with Crippen LogP contribution in [0.1, 0.15) is 18.7 Å². The van der Waals surface area contributed by atoms with Crippen molar-refractivity contribution in [1.29, 1.82) is 0 Å². The number of rotatable bonds is 4. The van der Waals surface area contributed by atoms with Gasteiger partial charge >= 0.3 is 0 Å². The Balaban J connectivity index is 1.63. The molecule has 0 aliphatic carbocycles. The number of nitrogens with zero attached hydrogens (tertiary/aromatic N) is 6. The molecule has 1 saturated heterocycles.